The maximum absolute atomic E-state index is 13.7. The number of rotatable bonds is 8. The Hall–Kier alpha value is -4.10. The normalized spacial score (nSPS) is 11.0. The lowest BCUT2D eigenvalue weighted by molar-refractivity contribution is 0.0983. The van der Waals surface area contributed by atoms with Crippen molar-refractivity contribution in [2.75, 3.05) is 5.32 Å². The Morgan fingerprint density at radius 1 is 1.03 bits per heavy atom. The van der Waals surface area contributed by atoms with Crippen LogP contribution in [0.5, 0.6) is 0 Å². The molecule has 0 bridgehead atoms. The summed E-state index contributed by atoms with van der Waals surface area (Å²) >= 11 is 1.61. The second kappa shape index (κ2) is 10.0. The molecule has 0 amide bonds. The third-order valence-electron chi connectivity index (χ3n) is 5.91. The van der Waals surface area contributed by atoms with Gasteiger partial charge in [-0.05, 0) is 60.0 Å². The van der Waals surface area contributed by atoms with Crippen LogP contribution in [0.3, 0.4) is 0 Å². The summed E-state index contributed by atoms with van der Waals surface area (Å²) in [4.78, 5) is 31.7. The average molecular weight is 481 g/mol. The fourth-order valence-electron chi connectivity index (χ4n) is 4.14. The lowest BCUT2D eigenvalue weighted by Crippen LogP contribution is -2.28. The van der Waals surface area contributed by atoms with E-state index in [9.17, 15) is 9.59 Å². The first-order valence-electron chi connectivity index (χ1n) is 11.5. The molecule has 0 aliphatic carbocycles. The van der Waals surface area contributed by atoms with Gasteiger partial charge in [0.1, 0.15) is 11.4 Å². The molecular formula is C28H24N4O2S. The molecule has 0 aliphatic rings. The number of carbonyl (C=O) groups is 1. The van der Waals surface area contributed by atoms with Crippen LogP contribution in [0.4, 0.5) is 11.4 Å². The number of benzene rings is 2. The van der Waals surface area contributed by atoms with Gasteiger partial charge in [-0.3, -0.25) is 14.6 Å². The topological polar surface area (TPSA) is 76.9 Å². The number of carbonyl (C=O) groups excluding carboxylic acids is 1. The predicted octanol–water partition coefficient (Wildman–Crippen LogP) is 6.10. The molecule has 0 unspecified atom stereocenters. The highest BCUT2D eigenvalue weighted by atomic mass is 32.1. The van der Waals surface area contributed by atoms with Crippen LogP contribution in [0.1, 0.15) is 29.3 Å². The average Bonchev–Trinajstić information content (AvgIpc) is 3.43. The number of ketones is 1. The Kier molecular flexibility index (Phi) is 6.50. The first kappa shape index (κ1) is 22.7. The molecule has 0 atom stereocenters. The van der Waals surface area contributed by atoms with Crippen molar-refractivity contribution in [3.05, 3.63) is 105 Å². The minimum absolute atomic E-state index is 0.122. The van der Waals surface area contributed by atoms with Crippen molar-refractivity contribution in [3.8, 4) is 11.3 Å². The van der Waals surface area contributed by atoms with Crippen LogP contribution in [0, 0.1) is 0 Å². The monoisotopic (exact) mass is 480 g/mol. The van der Waals surface area contributed by atoms with Gasteiger partial charge in [0.25, 0.3) is 5.56 Å². The molecule has 2 aromatic carbocycles. The first-order chi connectivity index (χ1) is 17.2. The number of thiophene rings is 1. The molecule has 0 aliphatic heterocycles. The van der Waals surface area contributed by atoms with Gasteiger partial charge >= 0.3 is 0 Å². The van der Waals surface area contributed by atoms with Gasteiger partial charge in [-0.1, -0.05) is 36.4 Å². The molecule has 5 aromatic rings. The third kappa shape index (κ3) is 4.63. The quantitative estimate of drug-likeness (QED) is 0.272. The summed E-state index contributed by atoms with van der Waals surface area (Å²) in [5.74, 6) is -0.122. The minimum Gasteiger partial charge on any atom is -0.350 e. The number of aryl methyl sites for hydroxylation is 2. The van der Waals surface area contributed by atoms with Gasteiger partial charge < -0.3 is 5.32 Å². The fraction of sp³-hybridized carbons (Fsp3) is 0.143. The summed E-state index contributed by atoms with van der Waals surface area (Å²) in [5.41, 5.74) is 4.15. The Morgan fingerprint density at radius 3 is 2.66 bits per heavy atom. The Labute approximate surface area is 206 Å². The van der Waals surface area contributed by atoms with Crippen molar-refractivity contribution < 1.29 is 4.79 Å². The number of anilines is 2. The van der Waals surface area contributed by atoms with Gasteiger partial charge in [-0.2, -0.15) is 16.4 Å². The van der Waals surface area contributed by atoms with Crippen LogP contribution in [0.2, 0.25) is 0 Å². The zero-order chi connectivity index (χ0) is 24.2. The van der Waals surface area contributed by atoms with E-state index in [4.69, 9.17) is 0 Å². The number of hydrogen-bond acceptors (Lipinski definition) is 6. The summed E-state index contributed by atoms with van der Waals surface area (Å²) < 4.78 is 1.41. The molecule has 0 saturated carbocycles. The van der Waals surface area contributed by atoms with Crippen LogP contribution >= 0.6 is 11.3 Å². The summed E-state index contributed by atoms with van der Waals surface area (Å²) in [5, 5.41) is 12.8. The van der Waals surface area contributed by atoms with Crippen LogP contribution in [-0.4, -0.2) is 20.5 Å². The van der Waals surface area contributed by atoms with Crippen molar-refractivity contribution in [1.29, 1.82) is 0 Å². The highest BCUT2D eigenvalue weighted by molar-refractivity contribution is 7.07. The third-order valence-corrected chi connectivity index (χ3v) is 6.64. The Balaban J connectivity index is 1.69. The van der Waals surface area contributed by atoms with E-state index in [0.29, 0.717) is 29.9 Å². The molecule has 6 nitrogen and oxygen atoms in total. The molecule has 7 heteroatoms. The second-order valence-electron chi connectivity index (χ2n) is 8.14. The van der Waals surface area contributed by atoms with Gasteiger partial charge in [0, 0.05) is 35.8 Å². The lowest BCUT2D eigenvalue weighted by atomic mass is 9.97. The highest BCUT2D eigenvalue weighted by Crippen LogP contribution is 2.31. The molecule has 0 spiro atoms. The zero-order valence-corrected chi connectivity index (χ0v) is 20.1. The largest absolute Gasteiger partial charge is 0.350 e. The van der Waals surface area contributed by atoms with Crippen molar-refractivity contribution >= 4 is 39.4 Å². The minimum atomic E-state index is -0.327. The van der Waals surface area contributed by atoms with Crippen LogP contribution in [0.25, 0.3) is 22.2 Å². The van der Waals surface area contributed by atoms with E-state index < -0.39 is 0 Å². The predicted molar refractivity (Wildman–Crippen MR) is 142 cm³/mol. The molecular weight excluding hydrogens is 456 g/mol. The summed E-state index contributed by atoms with van der Waals surface area (Å²) in [6.45, 7) is 2.25. The number of hydrogen-bond donors (Lipinski definition) is 1. The molecule has 174 valence electrons. The second-order valence-corrected chi connectivity index (χ2v) is 8.92. The maximum Gasteiger partial charge on any atom is 0.291 e. The van der Waals surface area contributed by atoms with Crippen LogP contribution in [-0.2, 0) is 13.0 Å². The van der Waals surface area contributed by atoms with Crippen LogP contribution < -0.4 is 10.9 Å². The van der Waals surface area contributed by atoms with E-state index in [1.165, 1.54) is 4.68 Å². The van der Waals surface area contributed by atoms with Crippen molar-refractivity contribution in [2.45, 2.75) is 26.3 Å². The number of pyridine rings is 1. The maximum atomic E-state index is 13.7. The molecule has 35 heavy (non-hydrogen) atoms. The first-order valence-corrected chi connectivity index (χ1v) is 12.5. The van der Waals surface area contributed by atoms with Gasteiger partial charge in [0.15, 0.2) is 5.78 Å². The number of nitrogens with zero attached hydrogens (tertiary/aromatic N) is 3. The van der Waals surface area contributed by atoms with E-state index in [2.05, 4.69) is 15.4 Å². The Bertz CT molecular complexity index is 1540. The van der Waals surface area contributed by atoms with E-state index in [0.717, 1.165) is 22.0 Å². The summed E-state index contributed by atoms with van der Waals surface area (Å²) in [7, 11) is 0. The molecule has 0 saturated heterocycles. The zero-order valence-electron chi connectivity index (χ0n) is 19.3. The fourth-order valence-corrected chi connectivity index (χ4v) is 4.84. The van der Waals surface area contributed by atoms with Gasteiger partial charge in [0.2, 0.25) is 0 Å². The van der Waals surface area contributed by atoms with E-state index in [-0.39, 0.29) is 23.5 Å². The van der Waals surface area contributed by atoms with Crippen molar-refractivity contribution in [3.63, 3.8) is 0 Å². The van der Waals surface area contributed by atoms with Gasteiger partial charge in [-0.15, -0.1) is 0 Å². The molecule has 0 fully saturated rings. The molecule has 1 N–H and O–H groups in total. The molecule has 5 rings (SSSR count). The van der Waals surface area contributed by atoms with E-state index >= 15 is 0 Å². The smallest absolute Gasteiger partial charge is 0.291 e. The number of fused-ring (bicyclic) bond motifs is 1. The van der Waals surface area contributed by atoms with E-state index in [1.807, 2.05) is 84.4 Å². The number of aromatic nitrogens is 3. The summed E-state index contributed by atoms with van der Waals surface area (Å²) in [6, 6.07) is 21.1. The SMILES string of the molecule is CCn1nc(-c2ccccc2)c(C(=O)CCc2ccsc2)c(Nc2cccc3ncccc23)c1=O. The van der Waals surface area contributed by atoms with E-state index in [1.54, 1.807) is 17.5 Å². The molecule has 3 aromatic heterocycles. The number of Topliss-reactive ketones (excluding diaryl/α,β-unsaturated/α-hetero) is 1. The molecule has 3 heterocycles. The summed E-state index contributed by atoms with van der Waals surface area (Å²) in [6.07, 6.45) is 2.61. The van der Waals surface area contributed by atoms with Crippen molar-refractivity contribution in [1.82, 2.24) is 14.8 Å². The Morgan fingerprint density at radius 2 is 1.89 bits per heavy atom. The highest BCUT2D eigenvalue weighted by Gasteiger charge is 2.24. The van der Waals surface area contributed by atoms with Crippen molar-refractivity contribution in [2.24, 2.45) is 0 Å². The molecule has 0 radical (unpaired) electrons. The number of nitrogens with one attached hydrogen (secondary N) is 1. The van der Waals surface area contributed by atoms with Gasteiger partial charge in [0.05, 0.1) is 11.1 Å². The van der Waals surface area contributed by atoms with Gasteiger partial charge in [-0.25, -0.2) is 4.68 Å². The standard InChI is InChI=1S/C28H24N4O2S/c1-2-32-28(34)27(30-23-12-6-11-22-21(23)10-7-16-29-22)25(24(33)14-13-19-15-17-35-18-19)26(31-32)20-8-4-3-5-9-20/h3-12,15-18,30H,2,13-14H2,1H3. The van der Waals surface area contributed by atoms with Crippen LogP contribution in [0.15, 0.2) is 88.5 Å². The lowest BCUT2D eigenvalue weighted by Gasteiger charge is -2.18.